The van der Waals surface area contributed by atoms with Crippen molar-refractivity contribution in [3.8, 4) is 11.1 Å². The van der Waals surface area contributed by atoms with Crippen molar-refractivity contribution in [3.63, 3.8) is 0 Å². The third-order valence-electron chi connectivity index (χ3n) is 4.63. The maximum atomic E-state index is 12.1. The number of fused-ring (bicyclic) bond motifs is 3. The van der Waals surface area contributed by atoms with Crippen molar-refractivity contribution in [3.05, 3.63) is 59.7 Å². The number of hydrogen-bond acceptors (Lipinski definition) is 4. The molecule has 4 N–H and O–H groups in total. The van der Waals surface area contributed by atoms with E-state index < -0.39 is 18.1 Å². The number of alkyl carbamates (subject to hydrolysis) is 1. The van der Waals surface area contributed by atoms with Gasteiger partial charge in [0.1, 0.15) is 12.6 Å². The van der Waals surface area contributed by atoms with E-state index in [0.29, 0.717) is 13.0 Å². The number of carbonyl (C=O) groups excluding carboxylic acids is 1. The van der Waals surface area contributed by atoms with Crippen molar-refractivity contribution in [2.75, 3.05) is 13.2 Å². The first-order valence-electron chi connectivity index (χ1n) is 8.66. The molecule has 3 rings (SSSR count). The monoisotopic (exact) mass is 354 g/mol. The highest BCUT2D eigenvalue weighted by Crippen LogP contribution is 2.44. The zero-order valence-electron chi connectivity index (χ0n) is 14.4. The Morgan fingerprint density at radius 3 is 2.19 bits per heavy atom. The van der Waals surface area contributed by atoms with Gasteiger partial charge in [0.2, 0.25) is 0 Å². The number of hydrogen-bond donors (Lipinski definition) is 3. The Morgan fingerprint density at radius 1 is 1.08 bits per heavy atom. The van der Waals surface area contributed by atoms with Gasteiger partial charge in [0.15, 0.2) is 0 Å². The van der Waals surface area contributed by atoms with Crippen molar-refractivity contribution in [2.24, 2.45) is 5.73 Å². The molecule has 6 heteroatoms. The lowest BCUT2D eigenvalue weighted by atomic mass is 9.98. The zero-order valence-corrected chi connectivity index (χ0v) is 14.4. The van der Waals surface area contributed by atoms with E-state index in [1.165, 1.54) is 0 Å². The molecule has 1 amide bonds. The highest BCUT2D eigenvalue weighted by atomic mass is 16.5. The molecule has 0 saturated carbocycles. The number of carboxylic acids is 1. The molecule has 1 aliphatic carbocycles. The van der Waals surface area contributed by atoms with Crippen LogP contribution in [0.5, 0.6) is 0 Å². The van der Waals surface area contributed by atoms with E-state index in [4.69, 9.17) is 10.5 Å². The number of aliphatic carboxylic acids is 1. The molecule has 0 radical (unpaired) electrons. The van der Waals surface area contributed by atoms with Crippen LogP contribution in [-0.4, -0.2) is 36.4 Å². The highest BCUT2D eigenvalue weighted by Gasteiger charge is 2.29. The number of carboxylic acid groups (broad SMARTS) is 1. The molecule has 0 fully saturated rings. The molecule has 1 atom stereocenters. The lowest BCUT2D eigenvalue weighted by Crippen LogP contribution is -2.41. The zero-order chi connectivity index (χ0) is 18.5. The number of benzene rings is 2. The summed E-state index contributed by atoms with van der Waals surface area (Å²) in [5, 5.41) is 11.6. The van der Waals surface area contributed by atoms with Gasteiger partial charge in [0.25, 0.3) is 0 Å². The first kappa shape index (κ1) is 17.9. The van der Waals surface area contributed by atoms with Gasteiger partial charge in [-0.3, -0.25) is 0 Å². The van der Waals surface area contributed by atoms with Crippen LogP contribution in [-0.2, 0) is 9.53 Å². The van der Waals surface area contributed by atoms with Crippen LogP contribution < -0.4 is 11.1 Å². The standard InChI is InChI=1S/C20H22N2O4/c21-11-5-10-18(19(23)24)22-20(25)26-12-17-15-8-3-1-6-13(15)14-7-2-4-9-16(14)17/h1-4,6-9,17-18H,5,10-12,21H2,(H,22,25)(H,23,24)/t18-/m1/s1. The molecule has 26 heavy (non-hydrogen) atoms. The topological polar surface area (TPSA) is 102 Å². The molecule has 6 nitrogen and oxygen atoms in total. The molecule has 1 aliphatic rings. The van der Waals surface area contributed by atoms with Gasteiger partial charge in [0.05, 0.1) is 0 Å². The summed E-state index contributed by atoms with van der Waals surface area (Å²) in [6, 6.07) is 15.1. The summed E-state index contributed by atoms with van der Waals surface area (Å²) in [5.41, 5.74) is 9.91. The van der Waals surface area contributed by atoms with Crippen molar-refractivity contribution in [1.29, 1.82) is 0 Å². The van der Waals surface area contributed by atoms with Gasteiger partial charge in [-0.2, -0.15) is 0 Å². The Hall–Kier alpha value is -2.86. The number of carbonyl (C=O) groups is 2. The quantitative estimate of drug-likeness (QED) is 0.710. The summed E-state index contributed by atoms with van der Waals surface area (Å²) in [6.07, 6.45) is 0.0627. The first-order valence-corrected chi connectivity index (χ1v) is 8.66. The predicted octanol–water partition coefficient (Wildman–Crippen LogP) is 2.72. The van der Waals surface area contributed by atoms with Gasteiger partial charge in [-0.1, -0.05) is 48.5 Å². The van der Waals surface area contributed by atoms with Gasteiger partial charge in [0, 0.05) is 5.92 Å². The van der Waals surface area contributed by atoms with Crippen LogP contribution in [0, 0.1) is 0 Å². The Morgan fingerprint density at radius 2 is 1.65 bits per heavy atom. The van der Waals surface area contributed by atoms with E-state index in [2.05, 4.69) is 17.4 Å². The van der Waals surface area contributed by atoms with Crippen molar-refractivity contribution < 1.29 is 19.4 Å². The fourth-order valence-electron chi connectivity index (χ4n) is 3.36. The SMILES string of the molecule is NCCC[C@@H](NC(=O)OCC1c2ccccc2-c2ccccc21)C(=O)O. The summed E-state index contributed by atoms with van der Waals surface area (Å²) < 4.78 is 5.36. The lowest BCUT2D eigenvalue weighted by molar-refractivity contribution is -0.139. The number of rotatable bonds is 7. The second-order valence-corrected chi connectivity index (χ2v) is 6.29. The third-order valence-corrected chi connectivity index (χ3v) is 4.63. The summed E-state index contributed by atoms with van der Waals surface area (Å²) in [4.78, 5) is 23.3. The summed E-state index contributed by atoms with van der Waals surface area (Å²) in [5.74, 6) is -1.15. The van der Waals surface area contributed by atoms with Gasteiger partial charge >= 0.3 is 12.1 Å². The number of amides is 1. The normalized spacial score (nSPS) is 13.6. The van der Waals surface area contributed by atoms with E-state index in [1.54, 1.807) is 0 Å². The average molecular weight is 354 g/mol. The smallest absolute Gasteiger partial charge is 0.407 e. The minimum Gasteiger partial charge on any atom is -0.480 e. The molecule has 0 aromatic heterocycles. The molecule has 136 valence electrons. The molecular weight excluding hydrogens is 332 g/mol. The minimum absolute atomic E-state index is 0.0551. The largest absolute Gasteiger partial charge is 0.480 e. The van der Waals surface area contributed by atoms with Crippen LogP contribution in [0.4, 0.5) is 4.79 Å². The Kier molecular flexibility index (Phi) is 5.53. The number of ether oxygens (including phenoxy) is 1. The van der Waals surface area contributed by atoms with E-state index in [1.807, 2.05) is 36.4 Å². The Labute approximate surface area is 152 Å². The summed E-state index contributed by atoms with van der Waals surface area (Å²) in [6.45, 7) is 0.527. The van der Waals surface area contributed by atoms with Crippen LogP contribution in [0.3, 0.4) is 0 Å². The number of nitrogens with two attached hydrogens (primary N) is 1. The lowest BCUT2D eigenvalue weighted by Gasteiger charge is -2.17. The molecule has 2 aromatic carbocycles. The summed E-state index contributed by atoms with van der Waals surface area (Å²) in [7, 11) is 0. The van der Waals surface area contributed by atoms with Crippen molar-refractivity contribution in [1.82, 2.24) is 5.32 Å². The predicted molar refractivity (Wildman–Crippen MR) is 97.9 cm³/mol. The first-order chi connectivity index (χ1) is 12.6. The van der Waals surface area contributed by atoms with Gasteiger partial charge in [-0.25, -0.2) is 9.59 Å². The van der Waals surface area contributed by atoms with Gasteiger partial charge in [-0.15, -0.1) is 0 Å². The molecule has 2 aromatic rings. The van der Waals surface area contributed by atoms with Crippen LogP contribution in [0.15, 0.2) is 48.5 Å². The number of nitrogens with one attached hydrogen (secondary N) is 1. The van der Waals surface area contributed by atoms with Crippen molar-refractivity contribution in [2.45, 2.75) is 24.8 Å². The molecule has 0 unspecified atom stereocenters. The van der Waals surface area contributed by atoms with Gasteiger partial charge < -0.3 is 20.9 Å². The van der Waals surface area contributed by atoms with Crippen LogP contribution >= 0.6 is 0 Å². The van der Waals surface area contributed by atoms with E-state index in [-0.39, 0.29) is 18.9 Å². The molecule has 0 saturated heterocycles. The van der Waals surface area contributed by atoms with E-state index in [0.717, 1.165) is 22.3 Å². The highest BCUT2D eigenvalue weighted by molar-refractivity contribution is 5.81. The van der Waals surface area contributed by atoms with Crippen LogP contribution in [0.25, 0.3) is 11.1 Å². The van der Waals surface area contributed by atoms with Gasteiger partial charge in [-0.05, 0) is 41.6 Å². The second kappa shape index (κ2) is 8.01. The molecule has 0 bridgehead atoms. The molecular formula is C20H22N2O4. The minimum atomic E-state index is -1.09. The average Bonchev–Trinajstić information content (AvgIpc) is 2.97. The Balaban J connectivity index is 1.68. The summed E-state index contributed by atoms with van der Waals surface area (Å²) >= 11 is 0. The molecule has 0 spiro atoms. The molecule has 0 heterocycles. The fraction of sp³-hybridized carbons (Fsp3) is 0.300. The third kappa shape index (κ3) is 3.70. The fourth-order valence-corrected chi connectivity index (χ4v) is 3.36. The maximum absolute atomic E-state index is 12.1. The van der Waals surface area contributed by atoms with Crippen LogP contribution in [0.2, 0.25) is 0 Å². The van der Waals surface area contributed by atoms with Crippen LogP contribution in [0.1, 0.15) is 29.9 Å². The molecule has 0 aliphatic heterocycles. The second-order valence-electron chi connectivity index (χ2n) is 6.29. The Bertz CT molecular complexity index is 760. The van der Waals surface area contributed by atoms with E-state index in [9.17, 15) is 14.7 Å². The maximum Gasteiger partial charge on any atom is 0.407 e. The van der Waals surface area contributed by atoms with E-state index >= 15 is 0 Å². The van der Waals surface area contributed by atoms with Crippen molar-refractivity contribution >= 4 is 12.1 Å².